The Hall–Kier alpha value is -7.52. The number of hydrogen-bond donors (Lipinski definition) is 0. The van der Waals surface area contributed by atoms with Crippen LogP contribution in [-0.2, 0) is 5.54 Å². The first-order valence-electron chi connectivity index (χ1n) is 21.4. The number of anilines is 2. The minimum atomic E-state index is -0.628. The Bertz CT molecular complexity index is 3220. The highest BCUT2D eigenvalue weighted by molar-refractivity contribution is 7.25. The molecule has 2 heteroatoms. The SMILES string of the molecule is C1=CCC(c2ccccc2-c2ccccc2)(N(c2ccc(-c3ccc(-c4ccccc4)cc3)cc2)c2ccc(-c3ccc4sc5ccccc5c4c3)cc2)C(c2ccccc2)=C1. The Morgan fingerprint density at radius 2 is 0.839 bits per heavy atom. The zero-order valence-corrected chi connectivity index (χ0v) is 35.1. The molecule has 10 aromatic rings. The highest BCUT2D eigenvalue weighted by Gasteiger charge is 2.45. The van der Waals surface area contributed by atoms with Gasteiger partial charge < -0.3 is 4.90 Å². The van der Waals surface area contributed by atoms with Crippen molar-refractivity contribution in [2.45, 2.75) is 12.0 Å². The van der Waals surface area contributed by atoms with Gasteiger partial charge in [-0.1, -0.05) is 206 Å². The van der Waals surface area contributed by atoms with Gasteiger partial charge in [0.2, 0.25) is 0 Å². The first-order valence-corrected chi connectivity index (χ1v) is 22.2. The van der Waals surface area contributed by atoms with E-state index in [0.29, 0.717) is 0 Å². The van der Waals surface area contributed by atoms with Crippen molar-refractivity contribution in [1.82, 2.24) is 0 Å². The predicted octanol–water partition coefficient (Wildman–Crippen LogP) is 16.8. The second-order valence-corrected chi connectivity index (χ2v) is 17.1. The molecule has 9 aromatic carbocycles. The summed E-state index contributed by atoms with van der Waals surface area (Å²) in [6.45, 7) is 0. The molecule has 0 fully saturated rings. The van der Waals surface area contributed by atoms with Gasteiger partial charge in [0.15, 0.2) is 0 Å². The van der Waals surface area contributed by atoms with E-state index in [1.54, 1.807) is 0 Å². The fourth-order valence-electron chi connectivity index (χ4n) is 9.49. The lowest BCUT2D eigenvalue weighted by Gasteiger charge is -2.49. The Labute approximate surface area is 367 Å². The van der Waals surface area contributed by atoms with Gasteiger partial charge in [0.1, 0.15) is 5.54 Å². The average molecular weight is 810 g/mol. The third-order valence-corrected chi connectivity index (χ3v) is 13.6. The second kappa shape index (κ2) is 16.2. The van der Waals surface area contributed by atoms with E-state index in [-0.39, 0.29) is 0 Å². The van der Waals surface area contributed by atoms with Crippen molar-refractivity contribution < 1.29 is 0 Å². The summed E-state index contributed by atoms with van der Waals surface area (Å²) in [6, 6.07) is 84.5. The molecule has 1 unspecified atom stereocenters. The van der Waals surface area contributed by atoms with Crippen LogP contribution in [0, 0.1) is 0 Å². The number of hydrogen-bond acceptors (Lipinski definition) is 2. The summed E-state index contributed by atoms with van der Waals surface area (Å²) in [4.78, 5) is 2.61. The van der Waals surface area contributed by atoms with Gasteiger partial charge in [0, 0.05) is 31.5 Å². The molecule has 1 heterocycles. The molecule has 0 spiro atoms. The van der Waals surface area contributed by atoms with Crippen LogP contribution in [0.15, 0.2) is 249 Å². The average Bonchev–Trinajstić information content (AvgIpc) is 3.74. The van der Waals surface area contributed by atoms with Gasteiger partial charge in [0.25, 0.3) is 0 Å². The number of benzene rings is 9. The van der Waals surface area contributed by atoms with E-state index >= 15 is 0 Å². The first kappa shape index (κ1) is 37.5. The Balaban J connectivity index is 1.09. The van der Waals surface area contributed by atoms with Crippen LogP contribution in [0.2, 0.25) is 0 Å². The molecule has 1 aliphatic carbocycles. The molecule has 62 heavy (non-hydrogen) atoms. The van der Waals surface area contributed by atoms with Gasteiger partial charge >= 0.3 is 0 Å². The van der Waals surface area contributed by atoms with E-state index in [1.807, 2.05) is 11.3 Å². The quantitative estimate of drug-likeness (QED) is 0.140. The monoisotopic (exact) mass is 809 g/mol. The minimum Gasteiger partial charge on any atom is -0.327 e. The number of thiophene rings is 1. The maximum Gasteiger partial charge on any atom is 0.100 e. The van der Waals surface area contributed by atoms with E-state index in [2.05, 4.69) is 254 Å². The van der Waals surface area contributed by atoms with Crippen molar-refractivity contribution in [1.29, 1.82) is 0 Å². The molecule has 11 rings (SSSR count). The maximum atomic E-state index is 2.61. The molecule has 1 atom stereocenters. The van der Waals surface area contributed by atoms with Crippen LogP contribution in [0.3, 0.4) is 0 Å². The van der Waals surface area contributed by atoms with Gasteiger partial charge in [-0.3, -0.25) is 0 Å². The summed E-state index contributed by atoms with van der Waals surface area (Å²) in [6.07, 6.45) is 7.69. The lowest BCUT2D eigenvalue weighted by Crippen LogP contribution is -2.45. The van der Waals surface area contributed by atoms with E-state index in [9.17, 15) is 0 Å². The molecular weight excluding hydrogens is 767 g/mol. The highest BCUT2D eigenvalue weighted by atomic mass is 32.1. The molecular formula is C60H43NS. The van der Waals surface area contributed by atoms with Crippen LogP contribution in [0.5, 0.6) is 0 Å². The van der Waals surface area contributed by atoms with Crippen molar-refractivity contribution in [2.24, 2.45) is 0 Å². The summed E-state index contributed by atoms with van der Waals surface area (Å²) >= 11 is 1.86. The molecule has 0 N–H and O–H groups in total. The lowest BCUT2D eigenvalue weighted by molar-refractivity contribution is 0.568. The van der Waals surface area contributed by atoms with E-state index < -0.39 is 5.54 Å². The van der Waals surface area contributed by atoms with Gasteiger partial charge in [-0.15, -0.1) is 11.3 Å². The second-order valence-electron chi connectivity index (χ2n) is 16.0. The topological polar surface area (TPSA) is 3.24 Å². The fourth-order valence-corrected chi connectivity index (χ4v) is 10.6. The van der Waals surface area contributed by atoms with Gasteiger partial charge in [0.05, 0.1) is 0 Å². The fraction of sp³-hybridized carbons (Fsp3) is 0.0333. The zero-order valence-electron chi connectivity index (χ0n) is 34.2. The Morgan fingerprint density at radius 3 is 1.48 bits per heavy atom. The van der Waals surface area contributed by atoms with Crippen molar-refractivity contribution in [3.8, 4) is 44.5 Å². The van der Waals surface area contributed by atoms with Gasteiger partial charge in [-0.25, -0.2) is 0 Å². The van der Waals surface area contributed by atoms with Crippen molar-refractivity contribution in [2.75, 3.05) is 4.90 Å². The molecule has 0 radical (unpaired) electrons. The highest BCUT2D eigenvalue weighted by Crippen LogP contribution is 2.54. The van der Waals surface area contributed by atoms with Crippen molar-refractivity contribution in [3.63, 3.8) is 0 Å². The van der Waals surface area contributed by atoms with Crippen LogP contribution < -0.4 is 4.90 Å². The summed E-state index contributed by atoms with van der Waals surface area (Å²) in [5, 5.41) is 2.63. The number of nitrogens with zero attached hydrogens (tertiary/aromatic N) is 1. The molecule has 1 aromatic heterocycles. The Kier molecular flexibility index (Phi) is 9.77. The largest absolute Gasteiger partial charge is 0.327 e. The zero-order chi connectivity index (χ0) is 41.3. The molecule has 0 amide bonds. The van der Waals surface area contributed by atoms with Crippen LogP contribution in [0.1, 0.15) is 17.5 Å². The minimum absolute atomic E-state index is 0.628. The summed E-state index contributed by atoms with van der Waals surface area (Å²) in [5.41, 5.74) is 15.0. The summed E-state index contributed by atoms with van der Waals surface area (Å²) in [7, 11) is 0. The number of fused-ring (bicyclic) bond motifs is 3. The molecule has 1 nitrogen and oxygen atoms in total. The third-order valence-electron chi connectivity index (χ3n) is 12.5. The van der Waals surface area contributed by atoms with Crippen LogP contribution >= 0.6 is 11.3 Å². The van der Waals surface area contributed by atoms with Crippen LogP contribution in [0.25, 0.3) is 70.3 Å². The van der Waals surface area contributed by atoms with Crippen LogP contribution in [0.4, 0.5) is 11.4 Å². The molecule has 0 saturated heterocycles. The van der Waals surface area contributed by atoms with Gasteiger partial charge in [-0.2, -0.15) is 0 Å². The van der Waals surface area contributed by atoms with E-state index in [0.717, 1.165) is 17.8 Å². The molecule has 294 valence electrons. The number of rotatable bonds is 9. The molecule has 0 aliphatic heterocycles. The maximum absolute atomic E-state index is 2.61. The lowest BCUT2D eigenvalue weighted by atomic mass is 9.70. The molecule has 1 aliphatic rings. The summed E-state index contributed by atoms with van der Waals surface area (Å²) in [5.74, 6) is 0. The Morgan fingerprint density at radius 1 is 0.371 bits per heavy atom. The number of allylic oxidation sites excluding steroid dienone is 2. The first-order chi connectivity index (χ1) is 30.7. The normalized spacial score (nSPS) is 14.8. The standard InChI is InChI=1S/C60H43NS/c1-4-16-43(17-5-1)44-27-29-45(30-28-44)46-31-36-51(37-32-46)61(52-38-33-47(34-39-52)50-35-40-59-55(42-50)54-23-11-13-26-58(54)62-59)60(41-15-14-24-56(60)49-20-8-3-9-21-49)57-25-12-10-22-53(57)48-18-6-2-7-19-48/h1-40,42H,41H2. The van der Waals surface area contributed by atoms with Crippen molar-refractivity contribution >= 4 is 48.5 Å². The van der Waals surface area contributed by atoms with Crippen molar-refractivity contribution in [3.05, 3.63) is 260 Å². The molecule has 0 bridgehead atoms. The summed E-state index contributed by atoms with van der Waals surface area (Å²) < 4.78 is 2.64. The van der Waals surface area contributed by atoms with Gasteiger partial charge in [-0.05, 0) is 110 Å². The van der Waals surface area contributed by atoms with Crippen LogP contribution in [-0.4, -0.2) is 0 Å². The molecule has 0 saturated carbocycles. The third kappa shape index (κ3) is 6.76. The van der Waals surface area contributed by atoms with E-state index in [1.165, 1.54) is 81.4 Å². The van der Waals surface area contributed by atoms with E-state index in [4.69, 9.17) is 0 Å². The smallest absolute Gasteiger partial charge is 0.100 e. The predicted molar refractivity (Wildman–Crippen MR) is 266 cm³/mol.